The molecule has 47 heavy (non-hydrogen) atoms. The van der Waals surface area contributed by atoms with Gasteiger partial charge in [0.1, 0.15) is 0 Å². The van der Waals surface area contributed by atoms with Crippen LogP contribution in [0, 0.1) is 0 Å². The normalized spacial score (nSPS) is 11.4. The molecule has 0 unspecified atom stereocenters. The average molecular weight is 648 g/mol. The van der Waals surface area contributed by atoms with Crippen LogP contribution in [0.2, 0.25) is 0 Å². The molecule has 0 saturated carbocycles. The maximum atomic E-state index is 13.7. The Morgan fingerprint density at radius 3 is 1.51 bits per heavy atom. The number of hydrogen-bond acceptors (Lipinski definition) is 5. The molecule has 6 rings (SSSR count). The largest absolute Gasteiger partial charge is 0.478 e. The molecule has 1 heterocycles. The number of rotatable bonds is 5. The maximum Gasteiger partial charge on any atom is 0.417 e. The molecule has 0 aliphatic heterocycles. The topological polar surface area (TPSA) is 102 Å². The number of carbonyl (C=O) groups is 1. The van der Waals surface area contributed by atoms with E-state index in [2.05, 4.69) is 10.2 Å². The first-order valence-electron chi connectivity index (χ1n) is 13.8. The SMILES string of the molecule is Nc1ccc(-c2nnc(-c3ccc(-c4ccccc4)c(C(F)(F)F)c3)o2)cc1.O=C(O)c1ccc(-c2ccccc2)c(C(F)(F)F)c1. The van der Waals surface area contributed by atoms with Crippen LogP contribution in [0.4, 0.5) is 32.0 Å². The van der Waals surface area contributed by atoms with E-state index in [-0.39, 0.29) is 34.0 Å². The summed E-state index contributed by atoms with van der Waals surface area (Å²) in [6, 6.07) is 30.2. The van der Waals surface area contributed by atoms with Crippen LogP contribution in [0.1, 0.15) is 21.5 Å². The fourth-order valence-electron chi connectivity index (χ4n) is 4.64. The molecule has 3 N–H and O–H groups in total. The highest BCUT2D eigenvalue weighted by Crippen LogP contribution is 2.40. The highest BCUT2D eigenvalue weighted by atomic mass is 19.4. The lowest BCUT2D eigenvalue weighted by Gasteiger charge is -2.14. The van der Waals surface area contributed by atoms with Crippen LogP contribution in [-0.4, -0.2) is 21.3 Å². The number of halogens is 6. The second-order valence-corrected chi connectivity index (χ2v) is 10.1. The summed E-state index contributed by atoms with van der Waals surface area (Å²) in [6.45, 7) is 0. The monoisotopic (exact) mass is 647 g/mol. The Bertz CT molecular complexity index is 1990. The van der Waals surface area contributed by atoms with Crippen LogP contribution in [0.3, 0.4) is 0 Å². The van der Waals surface area contributed by atoms with Crippen molar-refractivity contribution in [2.45, 2.75) is 12.4 Å². The summed E-state index contributed by atoms with van der Waals surface area (Å²) in [5, 5.41) is 16.6. The van der Waals surface area contributed by atoms with Crippen molar-refractivity contribution in [1.29, 1.82) is 0 Å². The molecular weight excluding hydrogens is 624 g/mol. The first-order chi connectivity index (χ1) is 22.3. The first-order valence-corrected chi connectivity index (χ1v) is 13.8. The fourth-order valence-corrected chi connectivity index (χ4v) is 4.64. The number of nitrogens with two attached hydrogens (primary N) is 1. The number of aromatic carboxylic acids is 1. The molecular formula is C35H23F6N3O3. The molecule has 5 aromatic carbocycles. The Hall–Kier alpha value is -5.91. The third-order valence-corrected chi connectivity index (χ3v) is 6.90. The van der Waals surface area contributed by atoms with Crippen molar-refractivity contribution in [2.75, 3.05) is 5.73 Å². The number of nitrogens with zero attached hydrogens (tertiary/aromatic N) is 2. The van der Waals surface area contributed by atoms with Gasteiger partial charge in [-0.2, -0.15) is 26.3 Å². The van der Waals surface area contributed by atoms with Gasteiger partial charge in [0.25, 0.3) is 0 Å². The van der Waals surface area contributed by atoms with Crippen molar-refractivity contribution >= 4 is 11.7 Å². The molecule has 0 saturated heterocycles. The molecule has 0 atom stereocenters. The summed E-state index contributed by atoms with van der Waals surface area (Å²) in [6.07, 6.45) is -9.13. The van der Waals surface area contributed by atoms with Crippen molar-refractivity contribution in [2.24, 2.45) is 0 Å². The van der Waals surface area contributed by atoms with E-state index in [0.29, 0.717) is 28.4 Å². The number of carboxylic acids is 1. The van der Waals surface area contributed by atoms with E-state index >= 15 is 0 Å². The smallest absolute Gasteiger partial charge is 0.417 e. The highest BCUT2D eigenvalue weighted by Gasteiger charge is 2.35. The van der Waals surface area contributed by atoms with Crippen molar-refractivity contribution in [3.8, 4) is 45.2 Å². The summed E-state index contributed by atoms with van der Waals surface area (Å²) in [5.41, 5.74) is 5.90. The number of alkyl halides is 6. The standard InChI is InChI=1S/C21H14F3N3O.C14H9F3O2/c22-21(23,24)18-12-15(8-11-17(18)13-4-2-1-3-5-13)20-27-26-19(28-20)14-6-9-16(25)10-7-14;15-14(16,17)12-8-10(13(18)19)6-7-11(12)9-4-2-1-3-5-9/h1-12H,25H2;1-8H,(H,18,19). The Kier molecular flexibility index (Phi) is 9.13. The minimum Gasteiger partial charge on any atom is -0.478 e. The van der Waals surface area contributed by atoms with Gasteiger partial charge in [0.05, 0.1) is 16.7 Å². The molecule has 0 aliphatic carbocycles. The second kappa shape index (κ2) is 13.2. The minimum atomic E-state index is -4.60. The van der Waals surface area contributed by atoms with Gasteiger partial charge in [-0.25, -0.2) is 4.79 Å². The van der Waals surface area contributed by atoms with E-state index in [1.165, 1.54) is 24.3 Å². The van der Waals surface area contributed by atoms with E-state index < -0.39 is 29.4 Å². The second-order valence-electron chi connectivity index (χ2n) is 10.1. The number of nitrogen functional groups attached to an aromatic ring is 1. The Morgan fingerprint density at radius 2 is 1.02 bits per heavy atom. The number of anilines is 1. The van der Waals surface area contributed by atoms with Gasteiger partial charge in [-0.1, -0.05) is 72.8 Å². The van der Waals surface area contributed by atoms with Gasteiger partial charge in [0, 0.05) is 16.8 Å². The van der Waals surface area contributed by atoms with Crippen molar-refractivity contribution < 1.29 is 40.7 Å². The lowest BCUT2D eigenvalue weighted by atomic mass is 9.97. The van der Waals surface area contributed by atoms with Crippen LogP contribution in [0.5, 0.6) is 0 Å². The third kappa shape index (κ3) is 7.67. The van der Waals surface area contributed by atoms with Crippen LogP contribution in [-0.2, 0) is 12.4 Å². The number of benzene rings is 5. The Labute approximate surface area is 263 Å². The molecule has 6 nitrogen and oxygen atoms in total. The zero-order valence-corrected chi connectivity index (χ0v) is 24.1. The summed E-state index contributed by atoms with van der Waals surface area (Å²) in [7, 11) is 0. The van der Waals surface area contributed by atoms with E-state index in [1.807, 2.05) is 0 Å². The third-order valence-electron chi connectivity index (χ3n) is 6.90. The summed E-state index contributed by atoms with van der Waals surface area (Å²) in [5.74, 6) is -1.17. The zero-order valence-electron chi connectivity index (χ0n) is 24.1. The van der Waals surface area contributed by atoms with E-state index in [1.54, 1.807) is 84.9 Å². The summed E-state index contributed by atoms with van der Waals surface area (Å²) >= 11 is 0. The van der Waals surface area contributed by atoms with Gasteiger partial charge in [-0.3, -0.25) is 0 Å². The lowest BCUT2D eigenvalue weighted by Crippen LogP contribution is -2.09. The maximum absolute atomic E-state index is 13.7. The average Bonchev–Trinajstić information content (AvgIpc) is 3.55. The molecule has 6 aromatic rings. The first kappa shape index (κ1) is 32.5. The summed E-state index contributed by atoms with van der Waals surface area (Å²) < 4.78 is 85.5. The molecule has 0 bridgehead atoms. The predicted octanol–water partition coefficient (Wildman–Crippen LogP) is 9.74. The molecule has 0 radical (unpaired) electrons. The van der Waals surface area contributed by atoms with Crippen LogP contribution >= 0.6 is 0 Å². The minimum absolute atomic E-state index is 0.0111. The Morgan fingerprint density at radius 1 is 0.574 bits per heavy atom. The van der Waals surface area contributed by atoms with Crippen molar-refractivity contribution in [1.82, 2.24) is 10.2 Å². The molecule has 0 amide bonds. The number of aromatic nitrogens is 2. The van der Waals surface area contributed by atoms with Gasteiger partial charge in [0.15, 0.2) is 0 Å². The van der Waals surface area contributed by atoms with Crippen molar-refractivity contribution in [3.05, 3.63) is 138 Å². The molecule has 0 fully saturated rings. The molecule has 1 aromatic heterocycles. The summed E-state index contributed by atoms with van der Waals surface area (Å²) in [4.78, 5) is 10.8. The molecule has 238 valence electrons. The quantitative estimate of drug-likeness (QED) is 0.143. The number of carboxylic acid groups (broad SMARTS) is 1. The zero-order chi connectivity index (χ0) is 33.8. The van der Waals surface area contributed by atoms with Crippen LogP contribution < -0.4 is 5.73 Å². The highest BCUT2D eigenvalue weighted by molar-refractivity contribution is 5.89. The molecule has 0 aliphatic rings. The lowest BCUT2D eigenvalue weighted by molar-refractivity contribution is -0.137. The van der Waals surface area contributed by atoms with Gasteiger partial charge < -0.3 is 15.3 Å². The van der Waals surface area contributed by atoms with E-state index in [9.17, 15) is 31.1 Å². The predicted molar refractivity (Wildman–Crippen MR) is 164 cm³/mol. The van der Waals surface area contributed by atoms with Gasteiger partial charge in [-0.15, -0.1) is 10.2 Å². The van der Waals surface area contributed by atoms with E-state index in [0.717, 1.165) is 6.07 Å². The number of hydrogen-bond donors (Lipinski definition) is 2. The Balaban J connectivity index is 0.000000199. The molecule has 0 spiro atoms. The van der Waals surface area contributed by atoms with Gasteiger partial charge >= 0.3 is 18.3 Å². The van der Waals surface area contributed by atoms with Gasteiger partial charge in [-0.05, 0) is 70.8 Å². The fraction of sp³-hybridized carbons (Fsp3) is 0.0571. The van der Waals surface area contributed by atoms with Crippen LogP contribution in [0.25, 0.3) is 45.2 Å². The van der Waals surface area contributed by atoms with E-state index in [4.69, 9.17) is 15.3 Å². The van der Waals surface area contributed by atoms with Crippen LogP contribution in [0.15, 0.2) is 126 Å². The van der Waals surface area contributed by atoms with Crippen molar-refractivity contribution in [3.63, 3.8) is 0 Å². The molecule has 12 heteroatoms. The van der Waals surface area contributed by atoms with Gasteiger partial charge in [0.2, 0.25) is 11.8 Å².